The van der Waals surface area contributed by atoms with Gasteiger partial charge in [0.25, 0.3) is 45.9 Å². The summed E-state index contributed by atoms with van der Waals surface area (Å²) in [4.78, 5) is 190. The minimum atomic E-state index is -1.64. The van der Waals surface area contributed by atoms with Gasteiger partial charge >= 0.3 is 105 Å². The molecular formula is C68H54N10O38. The number of carbonyl (C=O) groups excluding carboxylic acids is 6. The number of methoxy groups -OCH3 is 2. The van der Waals surface area contributed by atoms with Crippen molar-refractivity contribution in [3.05, 3.63) is 324 Å². The fourth-order valence-electron chi connectivity index (χ4n) is 8.13. The van der Waals surface area contributed by atoms with Crippen molar-refractivity contribution >= 4 is 117 Å². The van der Waals surface area contributed by atoms with Crippen LogP contribution in [-0.2, 0) is 37.6 Å². The van der Waals surface area contributed by atoms with Crippen LogP contribution in [0.2, 0.25) is 0 Å². The van der Waals surface area contributed by atoms with Crippen molar-refractivity contribution in [2.45, 2.75) is 0 Å². The molecule has 14 N–H and O–H groups in total. The van der Waals surface area contributed by atoms with E-state index < -0.39 is 174 Å². The van der Waals surface area contributed by atoms with Gasteiger partial charge in [-0.15, -0.1) is 0 Å². The quantitative estimate of drug-likeness (QED) is 0.00873. The van der Waals surface area contributed by atoms with Gasteiger partial charge in [-0.25, -0.2) is 47.9 Å². The molecule has 0 atom stereocenters. The van der Waals surface area contributed by atoms with Crippen LogP contribution in [0.25, 0.3) is 0 Å². The van der Waals surface area contributed by atoms with E-state index in [-0.39, 0.29) is 34.0 Å². The SMILES string of the molecule is COC.COC.N.NC(=O)c1c(C(=O)O)cccc1[N+](=O)[O-].Nc1ccccc1.O=C(Nc1ccccc1)c1cccc([N+](=O)[O-])c1C(=O)O.O=C(O)c1cccc([N+](=O)[O-])c1C(=O)O.O=C(O)c1cccc([N+](=O)[O-])c1C(=O)O.O=C1OC(=O)c2c1cccc2[N+](=O)[O-].O=C1OC(=O)c2c1cccc2[N+](=O)[O-].[C-]#[O+].[C-]#[O+].[C-]#[O+].[C-]#[O+]. The van der Waals surface area contributed by atoms with E-state index in [1.54, 1.807) is 58.8 Å². The molecule has 604 valence electrons. The first kappa shape index (κ1) is 105. The summed E-state index contributed by atoms with van der Waals surface area (Å²) in [6.07, 6.45) is 0. The summed E-state index contributed by atoms with van der Waals surface area (Å²) >= 11 is 0. The maximum absolute atomic E-state index is 12.1. The second-order valence-electron chi connectivity index (χ2n) is 19.3. The number of carboxylic acids is 6. The Kier molecular flexibility index (Phi) is 49.4. The van der Waals surface area contributed by atoms with Gasteiger partial charge in [-0.1, -0.05) is 72.8 Å². The van der Waals surface area contributed by atoms with Gasteiger partial charge in [0, 0.05) is 76.2 Å². The zero-order chi connectivity index (χ0) is 89.3. The van der Waals surface area contributed by atoms with Crippen molar-refractivity contribution in [1.29, 1.82) is 0 Å². The second kappa shape index (κ2) is 54.4. The molecular weight excluding hydrogens is 1560 g/mol. The number of anilines is 2. The fourth-order valence-corrected chi connectivity index (χ4v) is 8.13. The summed E-state index contributed by atoms with van der Waals surface area (Å²) in [7, 11) is 6.50. The van der Waals surface area contributed by atoms with Crippen LogP contribution in [0.5, 0.6) is 0 Å². The van der Waals surface area contributed by atoms with Crippen LogP contribution >= 0.6 is 0 Å². The van der Waals surface area contributed by atoms with Gasteiger partial charge in [0.2, 0.25) is 0 Å². The van der Waals surface area contributed by atoms with Crippen LogP contribution in [-0.4, -0.2) is 160 Å². The van der Waals surface area contributed by atoms with Gasteiger partial charge in [0.15, 0.2) is 22.3 Å². The number of cyclic esters (lactones) is 4. The molecule has 0 saturated heterocycles. The van der Waals surface area contributed by atoms with E-state index in [0.29, 0.717) is 5.69 Å². The third-order valence-corrected chi connectivity index (χ3v) is 12.3. The number of amides is 2. The van der Waals surface area contributed by atoms with E-state index in [1.807, 2.05) is 30.3 Å². The van der Waals surface area contributed by atoms with E-state index >= 15 is 0 Å². The molecule has 116 heavy (non-hydrogen) atoms. The van der Waals surface area contributed by atoms with Gasteiger partial charge in [0.1, 0.15) is 11.1 Å². The molecule has 0 aromatic heterocycles. The van der Waals surface area contributed by atoms with E-state index in [2.05, 4.69) is 50.9 Å². The summed E-state index contributed by atoms with van der Waals surface area (Å²) in [5.41, 5.74) is 2.62. The Morgan fingerprint density at radius 2 is 0.586 bits per heavy atom. The first-order chi connectivity index (χ1) is 54.3. The van der Waals surface area contributed by atoms with Gasteiger partial charge in [-0.2, -0.15) is 0 Å². The van der Waals surface area contributed by atoms with Crippen LogP contribution in [0.4, 0.5) is 45.5 Å². The Balaban J connectivity index is -0.000000619. The van der Waals surface area contributed by atoms with Crippen molar-refractivity contribution < 1.29 is 155 Å². The Morgan fingerprint density at radius 1 is 0.353 bits per heavy atom. The number of rotatable bonds is 15. The van der Waals surface area contributed by atoms with Gasteiger partial charge < -0.3 is 72.5 Å². The second-order valence-corrected chi connectivity index (χ2v) is 19.3. The van der Waals surface area contributed by atoms with E-state index in [0.717, 1.165) is 72.4 Å². The van der Waals surface area contributed by atoms with Crippen molar-refractivity contribution in [1.82, 2.24) is 6.15 Å². The van der Waals surface area contributed by atoms with Gasteiger partial charge in [-0.05, 0) is 60.7 Å². The number of carboxylic acid groups (broad SMARTS) is 6. The number of nitro benzene ring substituents is 6. The monoisotopic (exact) mass is 1620 g/mol. The van der Waals surface area contributed by atoms with Crippen molar-refractivity contribution in [3.8, 4) is 0 Å². The van der Waals surface area contributed by atoms with Gasteiger partial charge in [-0.3, -0.25) is 70.3 Å². The van der Waals surface area contributed by atoms with Crippen molar-refractivity contribution in [3.63, 3.8) is 0 Å². The summed E-state index contributed by atoms with van der Waals surface area (Å²) in [5.74, 6) is -14.7. The normalized spacial score (nSPS) is 9.72. The predicted molar refractivity (Wildman–Crippen MR) is 380 cm³/mol. The summed E-state index contributed by atoms with van der Waals surface area (Å²) in [6.45, 7) is 18.0. The number of nitro groups is 6. The number of nitrogen functional groups attached to an aromatic ring is 1. The number of nitrogens with two attached hydrogens (primary N) is 2. The van der Waals surface area contributed by atoms with E-state index in [9.17, 15) is 118 Å². The number of hydrogen-bond donors (Lipinski definition) is 10. The Labute approximate surface area is 645 Å². The molecule has 8 aromatic carbocycles. The number of aromatic carboxylic acids is 6. The number of esters is 4. The molecule has 0 aliphatic carbocycles. The summed E-state index contributed by atoms with van der Waals surface area (Å²) in [5, 5.41) is 118. The minimum absolute atomic E-state index is 0. The first-order valence-corrected chi connectivity index (χ1v) is 29.0. The number of para-hydroxylation sites is 2. The molecule has 2 aliphatic rings. The predicted octanol–water partition coefficient (Wildman–Crippen LogP) is 8.54. The average Bonchev–Trinajstić information content (AvgIpc) is 1.62. The maximum atomic E-state index is 12.1. The molecule has 8 aromatic rings. The number of ether oxygens (including phenoxy) is 4. The number of nitrogens with one attached hydrogen (secondary N) is 1. The number of nitrogens with zero attached hydrogens (tertiary/aromatic N) is 6. The molecule has 0 saturated carbocycles. The molecule has 0 bridgehead atoms. The molecule has 2 amide bonds. The number of fused-ring (bicyclic) bond motifs is 2. The first-order valence-electron chi connectivity index (χ1n) is 29.0. The molecule has 10 rings (SSSR count). The van der Waals surface area contributed by atoms with Crippen LogP contribution in [0, 0.1) is 87.3 Å². The van der Waals surface area contributed by atoms with E-state index in [1.165, 1.54) is 42.5 Å². The fraction of sp³-hybridized carbons (Fsp3) is 0.0588. The van der Waals surface area contributed by atoms with Crippen LogP contribution < -0.4 is 22.9 Å². The van der Waals surface area contributed by atoms with Crippen LogP contribution in [0.15, 0.2) is 170 Å². The molecule has 0 radical (unpaired) electrons. The Hall–Kier alpha value is -17.2. The number of primary amides is 1. The third kappa shape index (κ3) is 32.0. The van der Waals surface area contributed by atoms with E-state index in [4.69, 9.17) is 60.7 Å². The topological polar surface area (TPSA) is 801 Å². The summed E-state index contributed by atoms with van der Waals surface area (Å²) in [6, 6.07) is 38.4. The summed E-state index contributed by atoms with van der Waals surface area (Å²) < 4.78 is 47.0. The molecule has 48 heteroatoms. The number of carbonyl (C=O) groups is 12. The molecule has 2 aliphatic heterocycles. The molecule has 0 unspecified atom stereocenters. The molecule has 0 fully saturated rings. The Bertz CT molecular complexity index is 4630. The zero-order valence-electron chi connectivity index (χ0n) is 59.0. The average molecular weight is 1620 g/mol. The van der Waals surface area contributed by atoms with Crippen molar-refractivity contribution in [2.24, 2.45) is 5.73 Å². The Morgan fingerprint density at radius 3 is 0.828 bits per heavy atom. The molecule has 48 nitrogen and oxygen atoms in total. The third-order valence-electron chi connectivity index (χ3n) is 12.3. The molecule has 2 heterocycles. The number of hydrogen-bond acceptors (Lipinski definition) is 30. The van der Waals surface area contributed by atoms with Crippen LogP contribution in [0.1, 0.15) is 124 Å². The standard InChI is InChI=1S/C14H10N2O5.C8H6N2O5.2C8H5NO6.2C8H3NO5.C6H7N.2C2H6O.4CO.H3N/c17-13(15-9-5-2-1-3-6-9)10-7-4-8-11(16(20)21)12(10)14(18)19;9-7(11)6-4(8(12)13)2-1-3-5(6)10(14)15;2*10-7(11)4-2-1-3-5(9(14)15)6(4)8(12)13;2*10-7-4-2-1-3-5(9(12)13)6(4)8(11)14-7;7-6-4-2-1-3-5-6;2*1-3-2;4*1-2;/h1-8H,(H,15,17)(H,18,19);1-3H,(H2,9,11)(H,12,13);2*1-3H,(H,10,11)(H,12,13);2*1-3H;1-5H,7H2;2*1-2H3;;;;;1H3. The van der Waals surface area contributed by atoms with Gasteiger partial charge in [0.05, 0.1) is 62.9 Å². The number of benzene rings is 8. The van der Waals surface area contributed by atoms with Crippen LogP contribution in [0.3, 0.4) is 0 Å². The zero-order valence-corrected chi connectivity index (χ0v) is 59.0. The van der Waals surface area contributed by atoms with Crippen molar-refractivity contribution in [2.75, 3.05) is 39.5 Å². The molecule has 0 spiro atoms.